The van der Waals surface area contributed by atoms with E-state index < -0.39 is 0 Å². The van der Waals surface area contributed by atoms with Gasteiger partial charge < -0.3 is 15.6 Å². The summed E-state index contributed by atoms with van der Waals surface area (Å²) in [7, 11) is 1.77. The average Bonchev–Trinajstić information content (AvgIpc) is 2.59. The van der Waals surface area contributed by atoms with Gasteiger partial charge in [-0.1, -0.05) is 0 Å². The van der Waals surface area contributed by atoms with E-state index in [-0.39, 0.29) is 5.91 Å². The first-order chi connectivity index (χ1) is 7.66. The third-order valence-corrected chi connectivity index (χ3v) is 2.18. The van der Waals surface area contributed by atoms with E-state index in [0.29, 0.717) is 17.1 Å². The number of carbonyl (C=O) groups excluding carboxylic acids is 1. The van der Waals surface area contributed by atoms with E-state index in [9.17, 15) is 4.79 Å². The summed E-state index contributed by atoms with van der Waals surface area (Å²) in [5, 5.41) is 2.73. The minimum absolute atomic E-state index is 0.202. The number of nitrogens with one attached hydrogen (secondary N) is 1. The molecule has 16 heavy (non-hydrogen) atoms. The standard InChI is InChI=1S/C11H12N4O/c1-15-7-8(12)5-10(15)11(16)14-9-3-2-4-13-6-9/h2-7H,12H2,1H3,(H,14,16). The van der Waals surface area contributed by atoms with E-state index in [4.69, 9.17) is 5.73 Å². The molecule has 5 nitrogen and oxygen atoms in total. The Morgan fingerprint density at radius 1 is 1.56 bits per heavy atom. The molecular weight excluding hydrogens is 204 g/mol. The molecule has 2 heterocycles. The van der Waals surface area contributed by atoms with Crippen molar-refractivity contribution in [2.24, 2.45) is 7.05 Å². The highest BCUT2D eigenvalue weighted by molar-refractivity contribution is 6.03. The summed E-state index contributed by atoms with van der Waals surface area (Å²) in [6, 6.07) is 5.16. The number of anilines is 2. The summed E-state index contributed by atoms with van der Waals surface area (Å²) in [6.07, 6.45) is 4.93. The predicted molar refractivity (Wildman–Crippen MR) is 62.0 cm³/mol. The Balaban J connectivity index is 2.18. The van der Waals surface area contributed by atoms with Crippen molar-refractivity contribution >= 4 is 17.3 Å². The highest BCUT2D eigenvalue weighted by Gasteiger charge is 2.10. The summed E-state index contributed by atoms with van der Waals surface area (Å²) in [5.74, 6) is -0.202. The number of aryl methyl sites for hydroxylation is 1. The molecule has 0 bridgehead atoms. The number of rotatable bonds is 2. The van der Waals surface area contributed by atoms with E-state index in [2.05, 4.69) is 10.3 Å². The third-order valence-electron chi connectivity index (χ3n) is 2.18. The van der Waals surface area contributed by atoms with Gasteiger partial charge in [-0.3, -0.25) is 9.78 Å². The second kappa shape index (κ2) is 4.06. The Morgan fingerprint density at radius 2 is 2.38 bits per heavy atom. The first-order valence-electron chi connectivity index (χ1n) is 4.80. The lowest BCUT2D eigenvalue weighted by atomic mass is 10.3. The first-order valence-corrected chi connectivity index (χ1v) is 4.80. The second-order valence-electron chi connectivity index (χ2n) is 3.47. The lowest BCUT2D eigenvalue weighted by Crippen LogP contribution is -2.15. The maximum absolute atomic E-state index is 11.8. The van der Waals surface area contributed by atoms with Crippen LogP contribution in [0.25, 0.3) is 0 Å². The molecule has 0 fully saturated rings. The molecule has 0 saturated heterocycles. The lowest BCUT2D eigenvalue weighted by Gasteiger charge is -2.04. The van der Waals surface area contributed by atoms with Crippen molar-refractivity contribution < 1.29 is 4.79 Å². The van der Waals surface area contributed by atoms with E-state index in [0.717, 1.165) is 0 Å². The van der Waals surface area contributed by atoms with Gasteiger partial charge in [0.1, 0.15) is 5.69 Å². The van der Waals surface area contributed by atoms with Gasteiger partial charge in [-0.15, -0.1) is 0 Å². The summed E-state index contributed by atoms with van der Waals surface area (Å²) < 4.78 is 1.68. The molecule has 2 aromatic heterocycles. The second-order valence-corrected chi connectivity index (χ2v) is 3.47. The fourth-order valence-electron chi connectivity index (χ4n) is 1.45. The molecule has 0 spiro atoms. The number of carbonyl (C=O) groups is 1. The van der Waals surface area contributed by atoms with Gasteiger partial charge in [0.05, 0.1) is 17.6 Å². The number of aromatic nitrogens is 2. The van der Waals surface area contributed by atoms with Crippen LogP contribution in [0, 0.1) is 0 Å². The summed E-state index contributed by atoms with van der Waals surface area (Å²) >= 11 is 0. The summed E-state index contributed by atoms with van der Waals surface area (Å²) in [4.78, 5) is 15.7. The van der Waals surface area contributed by atoms with Crippen molar-refractivity contribution in [3.8, 4) is 0 Å². The number of nitrogens with two attached hydrogens (primary N) is 1. The Labute approximate surface area is 92.9 Å². The molecular formula is C11H12N4O. The van der Waals surface area contributed by atoms with Crippen LogP contribution < -0.4 is 11.1 Å². The largest absolute Gasteiger partial charge is 0.397 e. The van der Waals surface area contributed by atoms with Crippen LogP contribution in [-0.4, -0.2) is 15.5 Å². The lowest BCUT2D eigenvalue weighted by molar-refractivity contribution is 0.101. The third kappa shape index (κ3) is 2.03. The zero-order chi connectivity index (χ0) is 11.5. The highest BCUT2D eigenvalue weighted by Crippen LogP contribution is 2.11. The van der Waals surface area contributed by atoms with Gasteiger partial charge in [-0.25, -0.2) is 0 Å². The van der Waals surface area contributed by atoms with Gasteiger partial charge >= 0.3 is 0 Å². The summed E-state index contributed by atoms with van der Waals surface area (Å²) in [6.45, 7) is 0. The fraction of sp³-hybridized carbons (Fsp3) is 0.0909. The molecule has 0 aromatic carbocycles. The maximum atomic E-state index is 11.8. The predicted octanol–water partition coefficient (Wildman–Crippen LogP) is 1.25. The SMILES string of the molecule is Cn1cc(N)cc1C(=O)Nc1cccnc1. The van der Waals surface area contributed by atoms with Crippen molar-refractivity contribution in [2.45, 2.75) is 0 Å². The van der Waals surface area contributed by atoms with E-state index in [1.54, 1.807) is 48.4 Å². The molecule has 0 radical (unpaired) electrons. The van der Waals surface area contributed by atoms with Crippen LogP contribution in [0.4, 0.5) is 11.4 Å². The van der Waals surface area contributed by atoms with Crippen molar-refractivity contribution in [2.75, 3.05) is 11.1 Å². The van der Waals surface area contributed by atoms with Crippen molar-refractivity contribution in [3.63, 3.8) is 0 Å². The van der Waals surface area contributed by atoms with E-state index in [1.807, 2.05) is 0 Å². The summed E-state index contributed by atoms with van der Waals surface area (Å²) in [5.41, 5.74) is 7.34. The number of hydrogen-bond acceptors (Lipinski definition) is 3. The average molecular weight is 216 g/mol. The molecule has 0 aliphatic heterocycles. The van der Waals surface area contributed by atoms with Crippen molar-refractivity contribution in [1.29, 1.82) is 0 Å². The Kier molecular flexibility index (Phi) is 2.59. The van der Waals surface area contributed by atoms with Crippen LogP contribution >= 0.6 is 0 Å². The Bertz CT molecular complexity index is 504. The Morgan fingerprint density at radius 3 is 2.94 bits per heavy atom. The smallest absolute Gasteiger partial charge is 0.272 e. The van der Waals surface area contributed by atoms with Crippen molar-refractivity contribution in [1.82, 2.24) is 9.55 Å². The van der Waals surface area contributed by atoms with Gasteiger partial charge in [0.2, 0.25) is 0 Å². The van der Waals surface area contributed by atoms with Crippen molar-refractivity contribution in [3.05, 3.63) is 42.5 Å². The molecule has 0 unspecified atom stereocenters. The van der Waals surface area contributed by atoms with E-state index in [1.165, 1.54) is 0 Å². The number of amides is 1. The topological polar surface area (TPSA) is 72.9 Å². The maximum Gasteiger partial charge on any atom is 0.272 e. The van der Waals surface area contributed by atoms with Crippen LogP contribution in [-0.2, 0) is 7.05 Å². The molecule has 82 valence electrons. The molecule has 2 rings (SSSR count). The fourth-order valence-corrected chi connectivity index (χ4v) is 1.45. The normalized spacial score (nSPS) is 10.1. The van der Waals surface area contributed by atoms with Crippen LogP contribution in [0.3, 0.4) is 0 Å². The highest BCUT2D eigenvalue weighted by atomic mass is 16.1. The molecule has 3 N–H and O–H groups in total. The quantitative estimate of drug-likeness (QED) is 0.793. The molecule has 0 aliphatic carbocycles. The monoisotopic (exact) mass is 216 g/mol. The minimum atomic E-state index is -0.202. The number of nitrogen functional groups attached to an aromatic ring is 1. The number of pyridine rings is 1. The molecule has 0 atom stereocenters. The molecule has 1 amide bonds. The van der Waals surface area contributed by atoms with Gasteiger partial charge in [-0.2, -0.15) is 0 Å². The zero-order valence-corrected chi connectivity index (χ0v) is 8.84. The first kappa shape index (κ1) is 10.2. The van der Waals surface area contributed by atoms with Crippen LogP contribution in [0.15, 0.2) is 36.8 Å². The van der Waals surface area contributed by atoms with E-state index >= 15 is 0 Å². The van der Waals surface area contributed by atoms with Gasteiger partial charge in [0, 0.05) is 19.4 Å². The van der Waals surface area contributed by atoms with Crippen LogP contribution in [0.1, 0.15) is 10.5 Å². The molecule has 0 aliphatic rings. The molecule has 2 aromatic rings. The molecule has 0 saturated carbocycles. The number of nitrogens with zero attached hydrogens (tertiary/aromatic N) is 2. The minimum Gasteiger partial charge on any atom is -0.397 e. The zero-order valence-electron chi connectivity index (χ0n) is 8.84. The Hall–Kier alpha value is -2.30. The number of hydrogen-bond donors (Lipinski definition) is 2. The van der Waals surface area contributed by atoms with Crippen LogP contribution in [0.5, 0.6) is 0 Å². The van der Waals surface area contributed by atoms with Gasteiger partial charge in [-0.05, 0) is 18.2 Å². The van der Waals surface area contributed by atoms with Gasteiger partial charge in [0.15, 0.2) is 0 Å². The van der Waals surface area contributed by atoms with Gasteiger partial charge in [0.25, 0.3) is 5.91 Å². The molecule has 5 heteroatoms. The van der Waals surface area contributed by atoms with Crippen LogP contribution in [0.2, 0.25) is 0 Å².